The zero-order chi connectivity index (χ0) is 11.3. The Balaban J connectivity index is 2.51. The molecule has 1 aromatic rings. The lowest BCUT2D eigenvalue weighted by Gasteiger charge is -2.20. The van der Waals surface area contributed by atoms with E-state index in [0.29, 0.717) is 18.8 Å². The van der Waals surface area contributed by atoms with Gasteiger partial charge in [0.05, 0.1) is 0 Å². The smallest absolute Gasteiger partial charge is 0.226 e. The SMILES string of the molecule is CC(C)(CN)CC(=O)Nc1ccccn1. The van der Waals surface area contributed by atoms with Gasteiger partial charge < -0.3 is 11.1 Å². The Kier molecular flexibility index (Phi) is 3.80. The molecule has 0 spiro atoms. The molecular formula is C11H17N3O. The summed E-state index contributed by atoms with van der Waals surface area (Å²) >= 11 is 0. The van der Waals surface area contributed by atoms with Crippen molar-refractivity contribution in [2.45, 2.75) is 20.3 Å². The van der Waals surface area contributed by atoms with Crippen LogP contribution in [0.3, 0.4) is 0 Å². The molecule has 0 saturated heterocycles. The van der Waals surface area contributed by atoms with Crippen molar-refractivity contribution >= 4 is 11.7 Å². The molecule has 0 saturated carbocycles. The number of nitrogens with two attached hydrogens (primary N) is 1. The maximum atomic E-state index is 11.6. The molecule has 0 atom stereocenters. The second kappa shape index (κ2) is 4.89. The summed E-state index contributed by atoms with van der Waals surface area (Å²) in [6.45, 7) is 4.42. The summed E-state index contributed by atoms with van der Waals surface area (Å²) in [4.78, 5) is 15.6. The van der Waals surface area contributed by atoms with Crippen molar-refractivity contribution in [1.82, 2.24) is 4.98 Å². The number of nitrogens with one attached hydrogen (secondary N) is 1. The average molecular weight is 207 g/mol. The van der Waals surface area contributed by atoms with E-state index in [2.05, 4.69) is 10.3 Å². The number of anilines is 1. The Labute approximate surface area is 89.9 Å². The van der Waals surface area contributed by atoms with Crippen molar-refractivity contribution in [1.29, 1.82) is 0 Å². The van der Waals surface area contributed by atoms with Gasteiger partial charge in [-0.05, 0) is 24.1 Å². The topological polar surface area (TPSA) is 68.0 Å². The van der Waals surface area contributed by atoms with E-state index in [-0.39, 0.29) is 11.3 Å². The summed E-state index contributed by atoms with van der Waals surface area (Å²) in [6.07, 6.45) is 2.05. The van der Waals surface area contributed by atoms with Crippen LogP contribution in [0.4, 0.5) is 5.82 Å². The highest BCUT2D eigenvalue weighted by Crippen LogP contribution is 2.18. The molecule has 1 rings (SSSR count). The Bertz CT molecular complexity index is 322. The van der Waals surface area contributed by atoms with Crippen LogP contribution in [-0.2, 0) is 4.79 Å². The molecule has 0 fully saturated rings. The number of hydrogen-bond acceptors (Lipinski definition) is 3. The number of pyridine rings is 1. The highest BCUT2D eigenvalue weighted by Gasteiger charge is 2.20. The molecule has 4 nitrogen and oxygen atoms in total. The summed E-state index contributed by atoms with van der Waals surface area (Å²) in [5, 5.41) is 2.73. The maximum Gasteiger partial charge on any atom is 0.226 e. The highest BCUT2D eigenvalue weighted by atomic mass is 16.1. The predicted octanol–water partition coefficient (Wildman–Crippen LogP) is 1.40. The van der Waals surface area contributed by atoms with Crippen molar-refractivity contribution in [2.75, 3.05) is 11.9 Å². The van der Waals surface area contributed by atoms with Crippen molar-refractivity contribution in [3.8, 4) is 0 Å². The van der Waals surface area contributed by atoms with E-state index in [1.807, 2.05) is 19.9 Å². The number of aromatic nitrogens is 1. The van der Waals surface area contributed by atoms with Gasteiger partial charge in [0.15, 0.2) is 0 Å². The molecule has 0 aromatic carbocycles. The van der Waals surface area contributed by atoms with E-state index >= 15 is 0 Å². The summed E-state index contributed by atoms with van der Waals surface area (Å²) in [5.41, 5.74) is 5.38. The van der Waals surface area contributed by atoms with Crippen LogP contribution < -0.4 is 11.1 Å². The van der Waals surface area contributed by atoms with Gasteiger partial charge in [0.1, 0.15) is 5.82 Å². The first kappa shape index (κ1) is 11.7. The van der Waals surface area contributed by atoms with E-state index < -0.39 is 0 Å². The first-order valence-corrected chi connectivity index (χ1v) is 4.94. The standard InChI is InChI=1S/C11H17N3O/c1-11(2,8-12)7-10(15)14-9-5-3-4-6-13-9/h3-6H,7-8,12H2,1-2H3,(H,13,14,15). The molecule has 15 heavy (non-hydrogen) atoms. The monoisotopic (exact) mass is 207 g/mol. The third kappa shape index (κ3) is 4.08. The quantitative estimate of drug-likeness (QED) is 0.784. The lowest BCUT2D eigenvalue weighted by atomic mass is 9.89. The van der Waals surface area contributed by atoms with E-state index in [4.69, 9.17) is 5.73 Å². The number of carbonyl (C=O) groups is 1. The van der Waals surface area contributed by atoms with Gasteiger partial charge in [-0.1, -0.05) is 19.9 Å². The fourth-order valence-corrected chi connectivity index (χ4v) is 1.13. The Morgan fingerprint density at radius 1 is 1.53 bits per heavy atom. The average Bonchev–Trinajstić information content (AvgIpc) is 2.18. The second-order valence-corrected chi connectivity index (χ2v) is 4.31. The molecule has 0 aliphatic heterocycles. The fourth-order valence-electron chi connectivity index (χ4n) is 1.13. The second-order valence-electron chi connectivity index (χ2n) is 4.31. The summed E-state index contributed by atoms with van der Waals surface area (Å²) in [5.74, 6) is 0.527. The predicted molar refractivity (Wildman–Crippen MR) is 60.3 cm³/mol. The molecule has 1 amide bonds. The van der Waals surface area contributed by atoms with E-state index in [0.717, 1.165) is 0 Å². The third-order valence-electron chi connectivity index (χ3n) is 2.12. The van der Waals surface area contributed by atoms with Crippen LogP contribution in [0.2, 0.25) is 0 Å². The van der Waals surface area contributed by atoms with Crippen LogP contribution >= 0.6 is 0 Å². The van der Waals surface area contributed by atoms with Crippen molar-refractivity contribution in [3.05, 3.63) is 24.4 Å². The molecule has 0 radical (unpaired) electrons. The highest BCUT2D eigenvalue weighted by molar-refractivity contribution is 5.90. The van der Waals surface area contributed by atoms with Crippen LogP contribution in [-0.4, -0.2) is 17.4 Å². The van der Waals surface area contributed by atoms with Gasteiger partial charge >= 0.3 is 0 Å². The molecular weight excluding hydrogens is 190 g/mol. The Morgan fingerprint density at radius 2 is 2.27 bits per heavy atom. The first-order chi connectivity index (χ1) is 7.03. The van der Waals surface area contributed by atoms with Gasteiger partial charge in [-0.25, -0.2) is 4.98 Å². The minimum Gasteiger partial charge on any atom is -0.330 e. The van der Waals surface area contributed by atoms with E-state index in [1.165, 1.54) is 0 Å². The summed E-state index contributed by atoms with van der Waals surface area (Å²) in [6, 6.07) is 5.39. The number of carbonyl (C=O) groups excluding carboxylic acids is 1. The molecule has 0 aliphatic carbocycles. The number of hydrogen-bond donors (Lipinski definition) is 2. The summed E-state index contributed by atoms with van der Waals surface area (Å²) < 4.78 is 0. The molecule has 4 heteroatoms. The van der Waals surface area contributed by atoms with Gasteiger partial charge in [0.2, 0.25) is 5.91 Å². The molecule has 3 N–H and O–H groups in total. The van der Waals surface area contributed by atoms with E-state index in [9.17, 15) is 4.79 Å². The number of nitrogens with zero attached hydrogens (tertiary/aromatic N) is 1. The molecule has 0 unspecified atom stereocenters. The van der Waals surface area contributed by atoms with Crippen LogP contribution in [0.25, 0.3) is 0 Å². The van der Waals surface area contributed by atoms with Crippen LogP contribution in [0.5, 0.6) is 0 Å². The lowest BCUT2D eigenvalue weighted by Crippen LogP contribution is -2.29. The number of amides is 1. The molecule has 0 aliphatic rings. The molecule has 1 heterocycles. The Morgan fingerprint density at radius 3 is 2.80 bits per heavy atom. The van der Waals surface area contributed by atoms with Gasteiger partial charge in [-0.2, -0.15) is 0 Å². The van der Waals surface area contributed by atoms with Crippen LogP contribution in [0, 0.1) is 5.41 Å². The first-order valence-electron chi connectivity index (χ1n) is 4.94. The lowest BCUT2D eigenvalue weighted by molar-refractivity contribution is -0.117. The van der Waals surface area contributed by atoms with Gasteiger partial charge in [-0.3, -0.25) is 4.79 Å². The van der Waals surface area contributed by atoms with Crippen LogP contribution in [0.15, 0.2) is 24.4 Å². The normalized spacial score (nSPS) is 11.1. The zero-order valence-electron chi connectivity index (χ0n) is 9.16. The number of rotatable bonds is 4. The van der Waals surface area contributed by atoms with Crippen LogP contribution in [0.1, 0.15) is 20.3 Å². The maximum absolute atomic E-state index is 11.6. The van der Waals surface area contributed by atoms with Crippen molar-refractivity contribution < 1.29 is 4.79 Å². The fraction of sp³-hybridized carbons (Fsp3) is 0.455. The third-order valence-corrected chi connectivity index (χ3v) is 2.12. The zero-order valence-corrected chi connectivity index (χ0v) is 9.16. The molecule has 1 aromatic heterocycles. The van der Waals surface area contributed by atoms with Crippen molar-refractivity contribution in [2.24, 2.45) is 11.1 Å². The Hall–Kier alpha value is -1.42. The van der Waals surface area contributed by atoms with Crippen molar-refractivity contribution in [3.63, 3.8) is 0 Å². The minimum atomic E-state index is -0.168. The van der Waals surface area contributed by atoms with Gasteiger partial charge in [0.25, 0.3) is 0 Å². The largest absolute Gasteiger partial charge is 0.330 e. The minimum absolute atomic E-state index is 0.0517. The van der Waals surface area contributed by atoms with E-state index in [1.54, 1.807) is 18.3 Å². The molecule has 0 bridgehead atoms. The van der Waals surface area contributed by atoms with Gasteiger partial charge in [-0.15, -0.1) is 0 Å². The molecule has 82 valence electrons. The summed E-state index contributed by atoms with van der Waals surface area (Å²) in [7, 11) is 0. The van der Waals surface area contributed by atoms with Gasteiger partial charge in [0, 0.05) is 12.6 Å².